The van der Waals surface area contributed by atoms with Gasteiger partial charge in [-0.2, -0.15) is 0 Å². The number of hydrogen-bond donors (Lipinski definition) is 4. The highest BCUT2D eigenvalue weighted by Gasteiger charge is 2.09. The van der Waals surface area contributed by atoms with Gasteiger partial charge in [0.25, 0.3) is 0 Å². The molecule has 0 saturated heterocycles. The van der Waals surface area contributed by atoms with Crippen LogP contribution in [0, 0.1) is 0 Å². The van der Waals surface area contributed by atoms with Crippen LogP contribution < -0.4 is 17.2 Å². The van der Waals surface area contributed by atoms with E-state index in [1.165, 1.54) is 0 Å². The van der Waals surface area contributed by atoms with E-state index in [9.17, 15) is 9.59 Å². The summed E-state index contributed by atoms with van der Waals surface area (Å²) in [4.78, 5) is 23.5. The SMILES string of the molecule is CCOC(=O)Cl.NC(N)=NCCCC(N)C(=O)O. The molecule has 0 aliphatic carbocycles. The summed E-state index contributed by atoms with van der Waals surface area (Å²) in [6.45, 7) is 2.46. The summed E-state index contributed by atoms with van der Waals surface area (Å²) in [5.74, 6) is -0.987. The van der Waals surface area contributed by atoms with Crippen LogP contribution in [0.1, 0.15) is 19.8 Å². The van der Waals surface area contributed by atoms with Crippen LogP contribution in [0.2, 0.25) is 0 Å². The molecule has 0 saturated carbocycles. The number of guanidine groups is 1. The largest absolute Gasteiger partial charge is 0.480 e. The van der Waals surface area contributed by atoms with Gasteiger partial charge in [0.2, 0.25) is 0 Å². The number of halogens is 1. The molecule has 1 atom stereocenters. The quantitative estimate of drug-likeness (QED) is 0.228. The number of aliphatic carboxylic acids is 1. The lowest BCUT2D eigenvalue weighted by Gasteiger charge is -2.03. The molecule has 9 heteroatoms. The van der Waals surface area contributed by atoms with Crippen molar-refractivity contribution in [1.29, 1.82) is 0 Å². The van der Waals surface area contributed by atoms with E-state index in [2.05, 4.69) is 9.73 Å². The number of carboxylic acid groups (broad SMARTS) is 1. The fourth-order valence-electron chi connectivity index (χ4n) is 0.756. The average Bonchev–Trinajstić information content (AvgIpc) is 2.24. The summed E-state index contributed by atoms with van der Waals surface area (Å²) in [6, 6.07) is -0.820. The van der Waals surface area contributed by atoms with Crippen LogP contribution in [0.25, 0.3) is 0 Å². The molecule has 0 aliphatic rings. The molecule has 0 amide bonds. The number of hydrogen-bond acceptors (Lipinski definition) is 5. The first-order valence-electron chi connectivity index (χ1n) is 5.17. The standard InChI is InChI=1S/C6H14N4O2.C3H5ClO2/c7-4(5(11)12)2-1-3-10-6(8)9;1-2-6-3(4)5/h4H,1-3,7H2,(H,11,12)(H4,8,9,10);2H2,1H3. The highest BCUT2D eigenvalue weighted by Crippen LogP contribution is 1.94. The highest BCUT2D eigenvalue weighted by atomic mass is 35.5. The molecule has 106 valence electrons. The second-order valence-electron chi connectivity index (χ2n) is 3.06. The highest BCUT2D eigenvalue weighted by molar-refractivity contribution is 6.61. The number of carboxylic acids is 1. The molecule has 0 bridgehead atoms. The van der Waals surface area contributed by atoms with E-state index in [1.807, 2.05) is 0 Å². The zero-order valence-electron chi connectivity index (χ0n) is 10.1. The summed E-state index contributed by atoms with van der Waals surface area (Å²) in [5, 5.41) is 8.38. The summed E-state index contributed by atoms with van der Waals surface area (Å²) in [7, 11) is 0. The molecule has 0 aromatic rings. The van der Waals surface area contributed by atoms with E-state index in [0.29, 0.717) is 26.0 Å². The maximum Gasteiger partial charge on any atom is 0.403 e. The molecule has 1 unspecified atom stereocenters. The average molecular weight is 283 g/mol. The Kier molecular flexibility index (Phi) is 12.5. The van der Waals surface area contributed by atoms with E-state index >= 15 is 0 Å². The Balaban J connectivity index is 0. The maximum atomic E-state index is 10.2. The van der Waals surface area contributed by atoms with E-state index < -0.39 is 17.4 Å². The fourth-order valence-corrected chi connectivity index (χ4v) is 0.865. The van der Waals surface area contributed by atoms with Crippen molar-refractivity contribution in [3.63, 3.8) is 0 Å². The Morgan fingerprint density at radius 3 is 2.28 bits per heavy atom. The van der Waals surface area contributed by atoms with Gasteiger partial charge in [-0.05, 0) is 19.8 Å². The number of nitrogens with two attached hydrogens (primary N) is 3. The zero-order chi connectivity index (χ0) is 14.6. The Bertz CT molecular complexity index is 282. The van der Waals surface area contributed by atoms with Gasteiger partial charge in [-0.15, -0.1) is 0 Å². The molecular weight excluding hydrogens is 264 g/mol. The Hall–Kier alpha value is -1.54. The van der Waals surface area contributed by atoms with Gasteiger partial charge in [-0.25, -0.2) is 4.79 Å². The van der Waals surface area contributed by atoms with Crippen molar-refractivity contribution in [2.45, 2.75) is 25.8 Å². The minimum atomic E-state index is -1.00. The molecule has 8 nitrogen and oxygen atoms in total. The van der Waals surface area contributed by atoms with Crippen LogP contribution in [0.4, 0.5) is 4.79 Å². The van der Waals surface area contributed by atoms with Crippen molar-refractivity contribution in [2.24, 2.45) is 22.2 Å². The van der Waals surface area contributed by atoms with Gasteiger partial charge in [0.15, 0.2) is 5.96 Å². The molecule has 0 fully saturated rings. The smallest absolute Gasteiger partial charge is 0.403 e. The summed E-state index contributed by atoms with van der Waals surface area (Å²) in [5.41, 5.74) is 14.6. The van der Waals surface area contributed by atoms with Gasteiger partial charge in [-0.3, -0.25) is 9.79 Å². The Morgan fingerprint density at radius 1 is 1.44 bits per heavy atom. The van der Waals surface area contributed by atoms with E-state index in [4.69, 9.17) is 33.9 Å². The van der Waals surface area contributed by atoms with Crippen LogP contribution in [0.5, 0.6) is 0 Å². The maximum absolute atomic E-state index is 10.2. The van der Waals surface area contributed by atoms with Gasteiger partial charge < -0.3 is 27.0 Å². The van der Waals surface area contributed by atoms with Gasteiger partial charge in [-0.1, -0.05) is 0 Å². The number of ether oxygens (including phenoxy) is 1. The Morgan fingerprint density at radius 2 is 2.00 bits per heavy atom. The number of nitrogens with zero attached hydrogens (tertiary/aromatic N) is 1. The van der Waals surface area contributed by atoms with Gasteiger partial charge >= 0.3 is 11.4 Å². The number of aliphatic imine (C=N–C) groups is 1. The van der Waals surface area contributed by atoms with Gasteiger partial charge in [0.05, 0.1) is 6.61 Å². The first kappa shape index (κ1) is 18.8. The zero-order valence-corrected chi connectivity index (χ0v) is 10.9. The van der Waals surface area contributed by atoms with E-state index in [-0.39, 0.29) is 5.96 Å². The molecule has 0 aliphatic heterocycles. The lowest BCUT2D eigenvalue weighted by Crippen LogP contribution is -2.30. The molecule has 7 N–H and O–H groups in total. The first-order chi connectivity index (χ1) is 8.31. The van der Waals surface area contributed by atoms with E-state index in [1.54, 1.807) is 6.92 Å². The predicted octanol–water partition coefficient (Wildman–Crippen LogP) is -0.166. The van der Waals surface area contributed by atoms with E-state index in [0.717, 1.165) is 0 Å². The second kappa shape index (κ2) is 11.9. The van der Waals surface area contributed by atoms with Crippen molar-refractivity contribution in [2.75, 3.05) is 13.2 Å². The molecule has 0 aromatic heterocycles. The van der Waals surface area contributed by atoms with Gasteiger partial charge in [0.1, 0.15) is 6.04 Å². The lowest BCUT2D eigenvalue weighted by molar-refractivity contribution is -0.138. The Labute approximate surface area is 110 Å². The lowest BCUT2D eigenvalue weighted by atomic mass is 10.2. The van der Waals surface area contributed by atoms with Crippen LogP contribution in [-0.4, -0.2) is 41.7 Å². The first-order valence-corrected chi connectivity index (χ1v) is 5.55. The minimum absolute atomic E-state index is 0.0129. The van der Waals surface area contributed by atoms with Crippen molar-refractivity contribution >= 4 is 29.0 Å². The second-order valence-corrected chi connectivity index (χ2v) is 3.37. The molecular formula is C9H19ClN4O4. The van der Waals surface area contributed by atoms with Crippen molar-refractivity contribution in [3.8, 4) is 0 Å². The summed E-state index contributed by atoms with van der Waals surface area (Å²) in [6.07, 6.45) is 0.956. The summed E-state index contributed by atoms with van der Waals surface area (Å²) < 4.78 is 4.17. The fraction of sp³-hybridized carbons (Fsp3) is 0.667. The van der Waals surface area contributed by atoms with Crippen LogP contribution in [0.15, 0.2) is 4.99 Å². The third-order valence-corrected chi connectivity index (χ3v) is 1.65. The van der Waals surface area contributed by atoms with Crippen molar-refractivity contribution < 1.29 is 19.4 Å². The van der Waals surface area contributed by atoms with Crippen LogP contribution >= 0.6 is 11.6 Å². The third-order valence-electron chi connectivity index (χ3n) is 1.54. The molecule has 0 spiro atoms. The minimum Gasteiger partial charge on any atom is -0.480 e. The van der Waals surface area contributed by atoms with Gasteiger partial charge in [0, 0.05) is 18.1 Å². The molecule has 0 aromatic carbocycles. The number of carbonyl (C=O) groups excluding carboxylic acids is 1. The number of rotatable bonds is 6. The molecule has 0 rings (SSSR count). The topological polar surface area (TPSA) is 154 Å². The van der Waals surface area contributed by atoms with Crippen LogP contribution in [0.3, 0.4) is 0 Å². The van der Waals surface area contributed by atoms with Crippen molar-refractivity contribution in [1.82, 2.24) is 0 Å². The monoisotopic (exact) mass is 282 g/mol. The third kappa shape index (κ3) is 16.9. The number of carbonyl (C=O) groups is 2. The van der Waals surface area contributed by atoms with Crippen molar-refractivity contribution in [3.05, 3.63) is 0 Å². The molecule has 18 heavy (non-hydrogen) atoms. The normalized spacial score (nSPS) is 10.6. The summed E-state index contributed by atoms with van der Waals surface area (Å²) >= 11 is 4.72. The van der Waals surface area contributed by atoms with Crippen LogP contribution in [-0.2, 0) is 9.53 Å². The molecule has 0 heterocycles. The predicted molar refractivity (Wildman–Crippen MR) is 68.4 cm³/mol. The molecule has 0 radical (unpaired) electrons.